The molecule has 0 aromatic heterocycles. The van der Waals surface area contributed by atoms with Gasteiger partial charge in [0.05, 0.1) is 28.2 Å². The summed E-state index contributed by atoms with van der Waals surface area (Å²) in [5.74, 6) is 0.494. The number of benzene rings is 2. The van der Waals surface area contributed by atoms with Gasteiger partial charge < -0.3 is 9.64 Å². The Morgan fingerprint density at radius 3 is 2.31 bits per heavy atom. The minimum Gasteiger partial charge on any atom is -0.379 e. The van der Waals surface area contributed by atoms with E-state index in [9.17, 15) is 13.2 Å². The molecule has 7 nitrogen and oxygen atoms in total. The van der Waals surface area contributed by atoms with Gasteiger partial charge in [0.1, 0.15) is 0 Å². The van der Waals surface area contributed by atoms with E-state index in [-0.39, 0.29) is 28.3 Å². The Labute approximate surface area is 242 Å². The first-order valence-electron chi connectivity index (χ1n) is 14.0. The molecule has 0 N–H and O–H groups in total. The highest BCUT2D eigenvalue weighted by Gasteiger charge is 2.38. The second-order valence-electron chi connectivity index (χ2n) is 10.8. The third-order valence-electron chi connectivity index (χ3n) is 8.40. The zero-order valence-electron chi connectivity index (χ0n) is 22.2. The van der Waals surface area contributed by atoms with Crippen LogP contribution in [0.1, 0.15) is 50.1 Å². The van der Waals surface area contributed by atoms with E-state index in [1.165, 1.54) is 28.1 Å². The molecule has 0 saturated carbocycles. The lowest BCUT2D eigenvalue weighted by molar-refractivity contribution is -0.134. The Kier molecular flexibility index (Phi) is 9.52. The fourth-order valence-electron chi connectivity index (χ4n) is 6.35. The number of piperidine rings is 2. The van der Waals surface area contributed by atoms with Crippen LogP contribution in [0.15, 0.2) is 53.4 Å². The Bertz CT molecular complexity index is 1230. The summed E-state index contributed by atoms with van der Waals surface area (Å²) in [6, 6.07) is 15.0. The molecule has 2 aromatic carbocycles. The first-order valence-corrected chi connectivity index (χ1v) is 16.2. The summed E-state index contributed by atoms with van der Waals surface area (Å²) in [4.78, 5) is 18.1. The highest BCUT2D eigenvalue weighted by molar-refractivity contribution is 7.89. The molecule has 2 unspecified atom stereocenters. The molecule has 3 fully saturated rings. The minimum absolute atomic E-state index is 0.0392. The van der Waals surface area contributed by atoms with Gasteiger partial charge in [-0.15, -0.1) is 0 Å². The van der Waals surface area contributed by atoms with Crippen molar-refractivity contribution in [2.45, 2.75) is 55.5 Å². The first kappa shape index (κ1) is 28.8. The van der Waals surface area contributed by atoms with Crippen molar-refractivity contribution in [2.24, 2.45) is 5.92 Å². The Hall–Kier alpha value is -1.68. The van der Waals surface area contributed by atoms with Crippen LogP contribution < -0.4 is 0 Å². The standard InChI is InChI=1S/C29H37Cl2N3O4S/c30-26-10-9-25(21-27(26)31)39(36,37)34-13-5-4-8-24(34)20-28(35)32-14-11-23(12-15-32)29(22-6-2-1-3-7-22)33-16-18-38-19-17-33/h1-3,6-7,9-10,21,23-24,29H,4-5,8,11-20H2. The highest BCUT2D eigenvalue weighted by Crippen LogP contribution is 2.37. The van der Waals surface area contributed by atoms with Crippen molar-refractivity contribution in [2.75, 3.05) is 45.9 Å². The van der Waals surface area contributed by atoms with Gasteiger partial charge in [0.2, 0.25) is 15.9 Å². The van der Waals surface area contributed by atoms with Crippen molar-refractivity contribution in [1.82, 2.24) is 14.1 Å². The molecule has 212 valence electrons. The van der Waals surface area contributed by atoms with Crippen LogP contribution in [0, 0.1) is 5.92 Å². The van der Waals surface area contributed by atoms with Crippen LogP contribution in [0.5, 0.6) is 0 Å². The number of carbonyl (C=O) groups is 1. The van der Waals surface area contributed by atoms with Crippen LogP contribution >= 0.6 is 23.2 Å². The van der Waals surface area contributed by atoms with Crippen LogP contribution in [-0.4, -0.2) is 80.4 Å². The van der Waals surface area contributed by atoms with Gasteiger partial charge in [-0.3, -0.25) is 9.69 Å². The average Bonchev–Trinajstić information content (AvgIpc) is 2.96. The smallest absolute Gasteiger partial charge is 0.243 e. The fourth-order valence-corrected chi connectivity index (χ4v) is 8.43. The molecule has 2 aromatic rings. The number of amides is 1. The van der Waals surface area contributed by atoms with Crippen LogP contribution in [0.4, 0.5) is 0 Å². The second-order valence-corrected chi connectivity index (χ2v) is 13.5. The zero-order valence-corrected chi connectivity index (χ0v) is 24.5. The molecule has 0 bridgehead atoms. The third-order valence-corrected chi connectivity index (χ3v) is 11.1. The monoisotopic (exact) mass is 593 g/mol. The molecule has 0 aliphatic carbocycles. The second kappa shape index (κ2) is 12.9. The van der Waals surface area contributed by atoms with Crippen LogP contribution in [0.25, 0.3) is 0 Å². The lowest BCUT2D eigenvalue weighted by Crippen LogP contribution is -2.49. The maximum atomic E-state index is 13.5. The molecule has 10 heteroatoms. The van der Waals surface area contributed by atoms with Gasteiger partial charge in [0.15, 0.2) is 0 Å². The third kappa shape index (κ3) is 6.63. The zero-order chi connectivity index (χ0) is 27.4. The summed E-state index contributed by atoms with van der Waals surface area (Å²) < 4.78 is 34.1. The van der Waals surface area contributed by atoms with Gasteiger partial charge in [-0.05, 0) is 55.4 Å². The van der Waals surface area contributed by atoms with E-state index in [0.29, 0.717) is 43.0 Å². The number of ether oxygens (including phenoxy) is 1. The van der Waals surface area contributed by atoms with Crippen molar-refractivity contribution >= 4 is 39.1 Å². The Balaban J connectivity index is 1.24. The van der Waals surface area contributed by atoms with E-state index in [0.717, 1.165) is 52.0 Å². The molecule has 5 rings (SSSR count). The molecule has 0 radical (unpaired) electrons. The fraction of sp³-hybridized carbons (Fsp3) is 0.552. The van der Waals surface area contributed by atoms with Crippen molar-refractivity contribution in [3.63, 3.8) is 0 Å². The summed E-state index contributed by atoms with van der Waals surface area (Å²) in [6.45, 7) is 5.15. The molecule has 0 spiro atoms. The average molecular weight is 595 g/mol. The molecule has 3 saturated heterocycles. The molecular formula is C29H37Cl2N3O4S. The normalized spacial score (nSPS) is 23.0. The number of sulfonamides is 1. The van der Waals surface area contributed by atoms with Crippen molar-refractivity contribution < 1.29 is 17.9 Å². The van der Waals surface area contributed by atoms with E-state index < -0.39 is 10.0 Å². The van der Waals surface area contributed by atoms with Gasteiger partial charge in [-0.25, -0.2) is 8.42 Å². The van der Waals surface area contributed by atoms with E-state index in [4.69, 9.17) is 27.9 Å². The van der Waals surface area contributed by atoms with Gasteiger partial charge in [-0.1, -0.05) is 60.0 Å². The Morgan fingerprint density at radius 2 is 1.62 bits per heavy atom. The van der Waals surface area contributed by atoms with Crippen LogP contribution in [-0.2, 0) is 19.6 Å². The number of halogens is 2. The van der Waals surface area contributed by atoms with E-state index >= 15 is 0 Å². The van der Waals surface area contributed by atoms with Gasteiger partial charge in [0.25, 0.3) is 0 Å². The quantitative estimate of drug-likeness (QED) is 0.439. The number of hydrogen-bond donors (Lipinski definition) is 0. The van der Waals surface area contributed by atoms with E-state index in [2.05, 4.69) is 35.2 Å². The van der Waals surface area contributed by atoms with Gasteiger partial charge in [-0.2, -0.15) is 4.31 Å². The van der Waals surface area contributed by atoms with Crippen molar-refractivity contribution in [3.8, 4) is 0 Å². The molecule has 39 heavy (non-hydrogen) atoms. The Morgan fingerprint density at radius 1 is 0.897 bits per heavy atom. The van der Waals surface area contributed by atoms with Crippen LogP contribution in [0.3, 0.4) is 0 Å². The number of nitrogens with zero attached hydrogens (tertiary/aromatic N) is 3. The molecular weight excluding hydrogens is 557 g/mol. The maximum absolute atomic E-state index is 13.5. The first-order chi connectivity index (χ1) is 18.8. The van der Waals surface area contributed by atoms with Crippen molar-refractivity contribution in [3.05, 3.63) is 64.1 Å². The summed E-state index contributed by atoms with van der Waals surface area (Å²) >= 11 is 12.1. The summed E-state index contributed by atoms with van der Waals surface area (Å²) in [5.41, 5.74) is 1.33. The summed E-state index contributed by atoms with van der Waals surface area (Å²) in [5, 5.41) is 0.517. The van der Waals surface area contributed by atoms with Crippen LogP contribution in [0.2, 0.25) is 10.0 Å². The summed E-state index contributed by atoms with van der Waals surface area (Å²) in [7, 11) is -3.79. The maximum Gasteiger partial charge on any atom is 0.243 e. The molecule has 3 aliphatic rings. The molecule has 1 amide bonds. The number of likely N-dealkylation sites (tertiary alicyclic amines) is 1. The van der Waals surface area contributed by atoms with E-state index in [1.807, 2.05) is 4.90 Å². The largest absolute Gasteiger partial charge is 0.379 e. The SMILES string of the molecule is O=C(CC1CCCCN1S(=O)(=O)c1ccc(Cl)c(Cl)c1)N1CCC(C(c2ccccc2)N2CCOCC2)CC1. The minimum atomic E-state index is -3.79. The van der Waals surface area contributed by atoms with Crippen molar-refractivity contribution in [1.29, 1.82) is 0 Å². The van der Waals surface area contributed by atoms with Gasteiger partial charge >= 0.3 is 0 Å². The molecule has 3 aliphatic heterocycles. The number of carbonyl (C=O) groups excluding carboxylic acids is 1. The number of hydrogen-bond acceptors (Lipinski definition) is 5. The summed E-state index contributed by atoms with van der Waals surface area (Å²) in [6.07, 6.45) is 4.43. The number of morpholine rings is 1. The predicted octanol–water partition coefficient (Wildman–Crippen LogP) is 5.24. The molecule has 2 atom stereocenters. The lowest BCUT2D eigenvalue weighted by atomic mass is 9.84. The number of rotatable bonds is 7. The predicted molar refractivity (Wildman–Crippen MR) is 153 cm³/mol. The lowest BCUT2D eigenvalue weighted by Gasteiger charge is -2.43. The van der Waals surface area contributed by atoms with E-state index in [1.54, 1.807) is 0 Å². The van der Waals surface area contributed by atoms with Gasteiger partial charge in [0, 0.05) is 51.2 Å². The topological polar surface area (TPSA) is 70.2 Å². The molecule has 3 heterocycles. The highest BCUT2D eigenvalue weighted by atomic mass is 35.5.